The predicted octanol–water partition coefficient (Wildman–Crippen LogP) is 7.70. The first kappa shape index (κ1) is 23.9. The van der Waals surface area contributed by atoms with Gasteiger partial charge in [-0.3, -0.25) is 4.84 Å². The molecule has 2 nitrogen and oxygen atoms in total. The molecular weight excluding hydrogens is 294 g/mol. The average molecular weight is 342 g/mol. The van der Waals surface area contributed by atoms with Gasteiger partial charge in [0.2, 0.25) is 0 Å². The molecule has 0 atom stereocenters. The second-order valence-corrected chi connectivity index (χ2v) is 8.02. The molecule has 0 aliphatic heterocycles. The van der Waals surface area contributed by atoms with Crippen molar-refractivity contribution in [3.8, 4) is 0 Å². The molecule has 0 amide bonds. The number of nitrogens with two attached hydrogens (primary N) is 1. The maximum Gasteiger partial charge on any atom is 0.0865 e. The first-order valence-electron chi connectivity index (χ1n) is 11.1. The zero-order chi connectivity index (χ0) is 17.9. The summed E-state index contributed by atoms with van der Waals surface area (Å²) in [6.45, 7) is 6.76. The van der Waals surface area contributed by atoms with Crippen molar-refractivity contribution >= 4 is 0 Å². The second kappa shape index (κ2) is 17.7. The average Bonchev–Trinajstić information content (AvgIpc) is 2.59. The molecule has 0 unspecified atom stereocenters. The van der Waals surface area contributed by atoms with Crippen molar-refractivity contribution in [2.45, 2.75) is 142 Å². The molecule has 0 aliphatic rings. The lowest BCUT2D eigenvalue weighted by atomic mass is 9.91. The van der Waals surface area contributed by atoms with Gasteiger partial charge in [-0.25, -0.2) is 5.90 Å². The first-order chi connectivity index (χ1) is 11.7. The molecule has 0 aliphatic carbocycles. The van der Waals surface area contributed by atoms with E-state index in [2.05, 4.69) is 20.8 Å². The molecule has 0 rings (SSSR count). The van der Waals surface area contributed by atoms with Crippen LogP contribution < -0.4 is 5.90 Å². The van der Waals surface area contributed by atoms with Crippen LogP contribution in [0.4, 0.5) is 0 Å². The highest BCUT2D eigenvalue weighted by molar-refractivity contribution is 4.74. The molecule has 2 heteroatoms. The van der Waals surface area contributed by atoms with Crippen LogP contribution in [0.15, 0.2) is 0 Å². The summed E-state index contributed by atoms with van der Waals surface area (Å²) in [5.74, 6) is 5.60. The third-order valence-corrected chi connectivity index (χ3v) is 5.40. The minimum atomic E-state index is -0.0928. The van der Waals surface area contributed by atoms with Gasteiger partial charge in [0.05, 0.1) is 5.60 Å². The van der Waals surface area contributed by atoms with Crippen molar-refractivity contribution in [2.75, 3.05) is 0 Å². The van der Waals surface area contributed by atoms with Crippen LogP contribution in [0.2, 0.25) is 0 Å². The van der Waals surface area contributed by atoms with Gasteiger partial charge in [-0.15, -0.1) is 0 Å². The normalized spacial score (nSPS) is 12.0. The molecule has 2 N–H and O–H groups in total. The Bertz CT molecular complexity index is 222. The van der Waals surface area contributed by atoms with E-state index in [0.29, 0.717) is 0 Å². The third kappa shape index (κ3) is 15.4. The molecule has 0 aromatic carbocycles. The Kier molecular flexibility index (Phi) is 17.7. The quantitative estimate of drug-likeness (QED) is 0.193. The summed E-state index contributed by atoms with van der Waals surface area (Å²) in [5.41, 5.74) is -0.0928. The van der Waals surface area contributed by atoms with Gasteiger partial charge in [-0.1, -0.05) is 117 Å². The lowest BCUT2D eigenvalue weighted by Crippen LogP contribution is -2.31. The summed E-state index contributed by atoms with van der Waals surface area (Å²) < 4.78 is 0. The minimum Gasteiger partial charge on any atom is -0.298 e. The topological polar surface area (TPSA) is 35.2 Å². The molecular formula is C22H47NO. The predicted molar refractivity (Wildman–Crippen MR) is 108 cm³/mol. The molecule has 146 valence electrons. The first-order valence-corrected chi connectivity index (χ1v) is 11.1. The standard InChI is InChI=1S/C22H47NO/c1-4-6-8-10-12-14-16-18-20-22(3,24-23)21-19-17-15-13-11-9-7-5-2/h4-21,23H2,1-3H3. The smallest absolute Gasteiger partial charge is 0.0865 e. The van der Waals surface area contributed by atoms with Crippen LogP contribution in [0.3, 0.4) is 0 Å². The van der Waals surface area contributed by atoms with Gasteiger partial charge in [-0.05, 0) is 19.8 Å². The molecule has 0 saturated carbocycles. The lowest BCUT2D eigenvalue weighted by molar-refractivity contribution is -0.0490. The van der Waals surface area contributed by atoms with E-state index >= 15 is 0 Å². The Morgan fingerprint density at radius 2 is 0.833 bits per heavy atom. The van der Waals surface area contributed by atoms with Crippen LogP contribution >= 0.6 is 0 Å². The van der Waals surface area contributed by atoms with Crippen LogP contribution in [0.5, 0.6) is 0 Å². The monoisotopic (exact) mass is 341 g/mol. The van der Waals surface area contributed by atoms with Crippen LogP contribution in [0.1, 0.15) is 136 Å². The van der Waals surface area contributed by atoms with Gasteiger partial charge >= 0.3 is 0 Å². The Balaban J connectivity index is 3.51. The second-order valence-electron chi connectivity index (χ2n) is 8.02. The zero-order valence-electron chi connectivity index (χ0n) is 17.2. The van der Waals surface area contributed by atoms with E-state index in [1.54, 1.807) is 0 Å². The van der Waals surface area contributed by atoms with Crippen LogP contribution in [-0.4, -0.2) is 5.60 Å². The molecule has 0 aromatic rings. The highest BCUT2D eigenvalue weighted by Gasteiger charge is 2.23. The fraction of sp³-hybridized carbons (Fsp3) is 1.00. The summed E-state index contributed by atoms with van der Waals surface area (Å²) in [4.78, 5) is 5.36. The molecule has 24 heavy (non-hydrogen) atoms. The maximum absolute atomic E-state index is 5.60. The molecule has 0 saturated heterocycles. The van der Waals surface area contributed by atoms with Gasteiger partial charge < -0.3 is 0 Å². The van der Waals surface area contributed by atoms with Gasteiger partial charge in [-0.2, -0.15) is 0 Å². The zero-order valence-corrected chi connectivity index (χ0v) is 17.2. The highest BCUT2D eigenvalue weighted by Crippen LogP contribution is 2.25. The lowest BCUT2D eigenvalue weighted by Gasteiger charge is -2.27. The summed E-state index contributed by atoms with van der Waals surface area (Å²) >= 11 is 0. The maximum atomic E-state index is 5.60. The van der Waals surface area contributed by atoms with Gasteiger partial charge in [0.25, 0.3) is 0 Å². The van der Waals surface area contributed by atoms with Crippen LogP contribution in [-0.2, 0) is 4.84 Å². The molecule has 0 radical (unpaired) electrons. The third-order valence-electron chi connectivity index (χ3n) is 5.40. The van der Waals surface area contributed by atoms with Gasteiger partial charge in [0, 0.05) is 0 Å². The Labute approximate surface area is 153 Å². The molecule has 0 fully saturated rings. The van der Waals surface area contributed by atoms with E-state index in [0.717, 1.165) is 12.8 Å². The molecule has 0 bridgehead atoms. The summed E-state index contributed by atoms with van der Waals surface area (Å²) in [7, 11) is 0. The fourth-order valence-corrected chi connectivity index (χ4v) is 3.51. The van der Waals surface area contributed by atoms with E-state index in [1.807, 2.05) is 0 Å². The number of hydrogen-bond donors (Lipinski definition) is 1. The fourth-order valence-electron chi connectivity index (χ4n) is 3.51. The van der Waals surface area contributed by atoms with E-state index < -0.39 is 0 Å². The van der Waals surface area contributed by atoms with Crippen LogP contribution in [0.25, 0.3) is 0 Å². The molecule has 0 spiro atoms. The SMILES string of the molecule is CCCCCCCCCCC(C)(CCCCCCCCCC)ON. The van der Waals surface area contributed by atoms with E-state index in [4.69, 9.17) is 10.7 Å². The van der Waals surface area contributed by atoms with Crippen molar-refractivity contribution in [1.82, 2.24) is 0 Å². The molecule has 0 aromatic heterocycles. The summed E-state index contributed by atoms with van der Waals surface area (Å²) in [5, 5.41) is 0. The Hall–Kier alpha value is -0.0800. The minimum absolute atomic E-state index is 0.0928. The van der Waals surface area contributed by atoms with Crippen molar-refractivity contribution in [3.63, 3.8) is 0 Å². The summed E-state index contributed by atoms with van der Waals surface area (Å²) in [6.07, 6.45) is 24.1. The van der Waals surface area contributed by atoms with Crippen molar-refractivity contribution in [1.29, 1.82) is 0 Å². The van der Waals surface area contributed by atoms with Crippen molar-refractivity contribution < 1.29 is 4.84 Å². The van der Waals surface area contributed by atoms with E-state index in [1.165, 1.54) is 103 Å². The van der Waals surface area contributed by atoms with Gasteiger partial charge in [0.1, 0.15) is 0 Å². The summed E-state index contributed by atoms with van der Waals surface area (Å²) in [6, 6.07) is 0. The Morgan fingerprint density at radius 1 is 0.542 bits per heavy atom. The number of hydrogen-bond acceptors (Lipinski definition) is 2. The number of unbranched alkanes of at least 4 members (excludes halogenated alkanes) is 14. The molecule has 0 heterocycles. The van der Waals surface area contributed by atoms with E-state index in [-0.39, 0.29) is 5.60 Å². The van der Waals surface area contributed by atoms with Crippen molar-refractivity contribution in [3.05, 3.63) is 0 Å². The Morgan fingerprint density at radius 3 is 1.12 bits per heavy atom. The van der Waals surface area contributed by atoms with E-state index in [9.17, 15) is 0 Å². The van der Waals surface area contributed by atoms with Gasteiger partial charge in [0.15, 0.2) is 0 Å². The highest BCUT2D eigenvalue weighted by atomic mass is 16.6. The largest absolute Gasteiger partial charge is 0.298 e. The van der Waals surface area contributed by atoms with Crippen molar-refractivity contribution in [2.24, 2.45) is 5.90 Å². The van der Waals surface area contributed by atoms with Crippen LogP contribution in [0, 0.1) is 0 Å². The number of rotatable bonds is 19.